The highest BCUT2D eigenvalue weighted by atomic mass is 19.1. The van der Waals surface area contributed by atoms with Crippen molar-refractivity contribution in [1.82, 2.24) is 9.78 Å². The topological polar surface area (TPSA) is 46.9 Å². The number of hydrogen-bond acceptors (Lipinski definition) is 2. The minimum Gasteiger partial charge on any atom is -0.322 e. The molecule has 0 unspecified atom stereocenters. The number of nitrogens with zero attached hydrogens (tertiary/aromatic N) is 2. The van der Waals surface area contributed by atoms with E-state index in [9.17, 15) is 18.0 Å². The molecule has 1 amide bonds. The van der Waals surface area contributed by atoms with Crippen LogP contribution < -0.4 is 5.32 Å². The van der Waals surface area contributed by atoms with Crippen molar-refractivity contribution >= 4 is 11.6 Å². The highest BCUT2D eigenvalue weighted by Crippen LogP contribution is 2.27. The molecule has 3 aromatic rings. The van der Waals surface area contributed by atoms with E-state index < -0.39 is 28.9 Å². The molecular weight excluding hydrogens is 355 g/mol. The summed E-state index contributed by atoms with van der Waals surface area (Å²) in [5.74, 6) is -3.54. The molecule has 1 aromatic heterocycles. The Morgan fingerprint density at radius 1 is 1.00 bits per heavy atom. The fourth-order valence-corrected chi connectivity index (χ4v) is 2.58. The summed E-state index contributed by atoms with van der Waals surface area (Å²) >= 11 is 0. The zero-order valence-electron chi connectivity index (χ0n) is 15.5. The van der Waals surface area contributed by atoms with Crippen LogP contribution in [0.4, 0.5) is 18.9 Å². The summed E-state index contributed by atoms with van der Waals surface area (Å²) in [6.45, 7) is 5.76. The maximum Gasteiger partial charge on any atom is 0.261 e. The first-order valence-electron chi connectivity index (χ1n) is 8.42. The first kappa shape index (κ1) is 20.2. The van der Waals surface area contributed by atoms with Gasteiger partial charge < -0.3 is 5.32 Å². The average Bonchev–Trinajstić information content (AvgIpc) is 2.95. The second kappa shape index (κ2) is 8.53. The lowest BCUT2D eigenvalue weighted by Crippen LogP contribution is -2.16. The van der Waals surface area contributed by atoms with Crippen molar-refractivity contribution in [3.8, 4) is 11.1 Å². The summed E-state index contributed by atoms with van der Waals surface area (Å²) in [5.41, 5.74) is 0.982. The molecule has 0 saturated heterocycles. The van der Waals surface area contributed by atoms with Crippen LogP contribution in [0.15, 0.2) is 42.6 Å². The fraction of sp³-hybridized carbons (Fsp3) is 0.200. The predicted octanol–water partition coefficient (Wildman–Crippen LogP) is 5.09. The number of hydrogen-bond donors (Lipinski definition) is 1. The SMILES string of the molecule is CC.Cc1nn(C)cc1-c1ccc(NC(=O)c2c(F)cccc2F)cc1F. The zero-order valence-corrected chi connectivity index (χ0v) is 15.5. The Kier molecular flexibility index (Phi) is 6.39. The summed E-state index contributed by atoms with van der Waals surface area (Å²) in [5, 5.41) is 6.45. The van der Waals surface area contributed by atoms with Gasteiger partial charge in [0, 0.05) is 30.1 Å². The monoisotopic (exact) mass is 375 g/mol. The highest BCUT2D eigenvalue weighted by Gasteiger charge is 2.18. The Balaban J connectivity index is 0.00000126. The summed E-state index contributed by atoms with van der Waals surface area (Å²) in [4.78, 5) is 12.1. The Morgan fingerprint density at radius 3 is 2.15 bits per heavy atom. The van der Waals surface area contributed by atoms with Crippen molar-refractivity contribution in [2.24, 2.45) is 7.05 Å². The van der Waals surface area contributed by atoms with Crippen LogP contribution in [0, 0.1) is 24.4 Å². The third kappa shape index (κ3) is 4.36. The van der Waals surface area contributed by atoms with E-state index in [0.29, 0.717) is 16.8 Å². The van der Waals surface area contributed by atoms with Gasteiger partial charge in [-0.25, -0.2) is 13.2 Å². The molecule has 27 heavy (non-hydrogen) atoms. The molecule has 3 rings (SSSR count). The average molecular weight is 375 g/mol. The van der Waals surface area contributed by atoms with Crippen molar-refractivity contribution in [2.75, 3.05) is 5.32 Å². The molecule has 1 N–H and O–H groups in total. The van der Waals surface area contributed by atoms with Gasteiger partial charge in [0.25, 0.3) is 5.91 Å². The normalized spacial score (nSPS) is 10.2. The number of rotatable bonds is 3. The summed E-state index contributed by atoms with van der Waals surface area (Å²) < 4.78 is 43.2. The van der Waals surface area contributed by atoms with Gasteiger partial charge >= 0.3 is 0 Å². The molecule has 142 valence electrons. The van der Waals surface area contributed by atoms with E-state index in [1.54, 1.807) is 24.9 Å². The fourth-order valence-electron chi connectivity index (χ4n) is 2.58. The van der Waals surface area contributed by atoms with Gasteiger partial charge in [-0.3, -0.25) is 9.48 Å². The second-order valence-corrected chi connectivity index (χ2v) is 5.55. The molecule has 0 radical (unpaired) electrons. The van der Waals surface area contributed by atoms with E-state index in [1.807, 2.05) is 13.8 Å². The Bertz CT molecular complexity index is 947. The van der Waals surface area contributed by atoms with E-state index >= 15 is 0 Å². The van der Waals surface area contributed by atoms with Crippen LogP contribution in [-0.2, 0) is 7.05 Å². The van der Waals surface area contributed by atoms with E-state index in [0.717, 1.165) is 24.3 Å². The molecule has 0 aliphatic heterocycles. The van der Waals surface area contributed by atoms with Gasteiger partial charge in [-0.2, -0.15) is 5.10 Å². The molecule has 0 fully saturated rings. The highest BCUT2D eigenvalue weighted by molar-refractivity contribution is 6.04. The predicted molar refractivity (Wildman–Crippen MR) is 99.0 cm³/mol. The van der Waals surface area contributed by atoms with Crippen molar-refractivity contribution in [2.45, 2.75) is 20.8 Å². The first-order chi connectivity index (χ1) is 12.9. The number of halogens is 3. The second-order valence-electron chi connectivity index (χ2n) is 5.55. The van der Waals surface area contributed by atoms with Gasteiger partial charge in [0.15, 0.2) is 0 Å². The lowest BCUT2D eigenvalue weighted by atomic mass is 10.1. The Labute approximate surface area is 155 Å². The Morgan fingerprint density at radius 2 is 1.63 bits per heavy atom. The lowest BCUT2D eigenvalue weighted by molar-refractivity contribution is 0.101. The minimum atomic E-state index is -0.986. The van der Waals surface area contributed by atoms with Crippen LogP contribution in [0.25, 0.3) is 11.1 Å². The van der Waals surface area contributed by atoms with Crippen LogP contribution in [0.2, 0.25) is 0 Å². The number of nitrogens with one attached hydrogen (secondary N) is 1. The van der Waals surface area contributed by atoms with Crippen LogP contribution >= 0.6 is 0 Å². The Hall–Kier alpha value is -3.09. The quantitative estimate of drug-likeness (QED) is 0.693. The van der Waals surface area contributed by atoms with Gasteiger partial charge in [-0.1, -0.05) is 19.9 Å². The lowest BCUT2D eigenvalue weighted by Gasteiger charge is -2.09. The number of amides is 1. The molecule has 0 saturated carbocycles. The molecule has 0 atom stereocenters. The molecule has 7 heteroatoms. The van der Waals surface area contributed by atoms with Gasteiger partial charge in [-0.15, -0.1) is 0 Å². The summed E-state index contributed by atoms with van der Waals surface area (Å²) in [6, 6.07) is 7.15. The standard InChI is InChI=1S/C18H14F3N3O.C2H6/c1-10-13(9-24(2)23-10)12-7-6-11(8-16(12)21)22-18(25)17-14(19)4-3-5-15(17)20;1-2/h3-9H,1-2H3,(H,22,25);1-2H3. The van der Waals surface area contributed by atoms with Crippen LogP contribution in [-0.4, -0.2) is 15.7 Å². The molecule has 4 nitrogen and oxygen atoms in total. The van der Waals surface area contributed by atoms with Crippen molar-refractivity contribution in [3.05, 3.63) is 71.3 Å². The molecule has 0 aliphatic rings. The van der Waals surface area contributed by atoms with E-state index in [1.165, 1.54) is 12.1 Å². The molecular formula is C20H20F3N3O. The van der Waals surface area contributed by atoms with Gasteiger partial charge in [0.1, 0.15) is 23.0 Å². The molecule has 0 bridgehead atoms. The third-order valence-electron chi connectivity index (χ3n) is 3.72. The van der Waals surface area contributed by atoms with E-state index in [4.69, 9.17) is 0 Å². The molecule has 1 heterocycles. The minimum absolute atomic E-state index is 0.0930. The van der Waals surface area contributed by atoms with Gasteiger partial charge in [0.05, 0.1) is 5.69 Å². The van der Waals surface area contributed by atoms with Crippen molar-refractivity contribution < 1.29 is 18.0 Å². The number of benzene rings is 2. The van der Waals surface area contributed by atoms with Crippen molar-refractivity contribution in [1.29, 1.82) is 0 Å². The number of carbonyl (C=O) groups is 1. The zero-order chi connectivity index (χ0) is 20.1. The third-order valence-corrected chi connectivity index (χ3v) is 3.72. The smallest absolute Gasteiger partial charge is 0.261 e. The van der Waals surface area contributed by atoms with Crippen LogP contribution in [0.1, 0.15) is 29.9 Å². The summed E-state index contributed by atoms with van der Waals surface area (Å²) in [7, 11) is 1.73. The first-order valence-corrected chi connectivity index (χ1v) is 8.42. The largest absolute Gasteiger partial charge is 0.322 e. The summed E-state index contributed by atoms with van der Waals surface area (Å²) in [6.07, 6.45) is 1.68. The van der Waals surface area contributed by atoms with E-state index in [2.05, 4.69) is 10.4 Å². The van der Waals surface area contributed by atoms with Crippen LogP contribution in [0.5, 0.6) is 0 Å². The van der Waals surface area contributed by atoms with E-state index in [-0.39, 0.29) is 5.69 Å². The number of anilines is 1. The molecule has 0 aliphatic carbocycles. The number of aryl methyl sites for hydroxylation is 2. The van der Waals surface area contributed by atoms with Crippen LogP contribution in [0.3, 0.4) is 0 Å². The van der Waals surface area contributed by atoms with Gasteiger partial charge in [0.2, 0.25) is 0 Å². The van der Waals surface area contributed by atoms with Gasteiger partial charge in [-0.05, 0) is 37.3 Å². The molecule has 0 spiro atoms. The van der Waals surface area contributed by atoms with Crippen molar-refractivity contribution in [3.63, 3.8) is 0 Å². The maximum absolute atomic E-state index is 14.4. The molecule has 2 aromatic carbocycles. The number of carbonyl (C=O) groups excluding carboxylic acids is 1. The maximum atomic E-state index is 14.4. The number of aromatic nitrogens is 2.